The summed E-state index contributed by atoms with van der Waals surface area (Å²) < 4.78 is 2.70. The second-order valence-corrected chi connectivity index (χ2v) is 5.40. The average molecular weight is 343 g/mol. The lowest BCUT2D eigenvalue weighted by molar-refractivity contribution is 0.101. The minimum Gasteiger partial charge on any atom is -0.342 e. The summed E-state index contributed by atoms with van der Waals surface area (Å²) >= 11 is 9.28. The Bertz CT molecular complexity index is 597. The summed E-state index contributed by atoms with van der Waals surface area (Å²) in [4.78, 5) is 16.3. The number of nitrogens with zero attached hydrogens (tertiary/aromatic N) is 2. The Morgan fingerprint density at radius 1 is 1.53 bits per heavy atom. The van der Waals surface area contributed by atoms with Crippen LogP contribution in [0.3, 0.4) is 0 Å². The van der Waals surface area contributed by atoms with Crippen LogP contribution in [0, 0.1) is 0 Å². The first-order valence-corrected chi connectivity index (χ1v) is 7.06. The van der Waals surface area contributed by atoms with E-state index >= 15 is 0 Å². The van der Waals surface area contributed by atoms with Gasteiger partial charge in [0, 0.05) is 23.4 Å². The van der Waals surface area contributed by atoms with Gasteiger partial charge >= 0.3 is 0 Å². The molecule has 0 spiro atoms. The van der Waals surface area contributed by atoms with Crippen LogP contribution >= 0.6 is 27.5 Å². The zero-order valence-corrected chi connectivity index (χ0v) is 12.7. The summed E-state index contributed by atoms with van der Waals surface area (Å²) in [7, 11) is 0. The van der Waals surface area contributed by atoms with Crippen molar-refractivity contribution < 1.29 is 4.79 Å². The Morgan fingerprint density at radius 2 is 2.32 bits per heavy atom. The van der Waals surface area contributed by atoms with Gasteiger partial charge in [-0.15, -0.1) is 0 Å². The predicted octanol–water partition coefficient (Wildman–Crippen LogP) is 3.96. The van der Waals surface area contributed by atoms with Crippen molar-refractivity contribution >= 4 is 39.3 Å². The van der Waals surface area contributed by atoms with Crippen LogP contribution < -0.4 is 5.32 Å². The molecular weight excluding hydrogens is 330 g/mol. The fourth-order valence-electron chi connectivity index (χ4n) is 1.74. The van der Waals surface area contributed by atoms with Crippen LogP contribution in [0.1, 0.15) is 23.8 Å². The minimum atomic E-state index is -0.217. The molecule has 4 nitrogen and oxygen atoms in total. The molecule has 6 heteroatoms. The molecule has 1 N–H and O–H groups in total. The summed E-state index contributed by atoms with van der Waals surface area (Å²) in [5.41, 5.74) is 0.536. The number of amides is 1. The third-order valence-electron chi connectivity index (χ3n) is 2.52. The first-order valence-electron chi connectivity index (χ1n) is 5.88. The first-order chi connectivity index (χ1) is 9.10. The summed E-state index contributed by atoms with van der Waals surface area (Å²) in [6.45, 7) is 2.80. The fourth-order valence-corrected chi connectivity index (χ4v) is 2.30. The van der Waals surface area contributed by atoms with Crippen LogP contribution in [0.15, 0.2) is 35.1 Å². The third kappa shape index (κ3) is 3.58. The summed E-state index contributed by atoms with van der Waals surface area (Å²) in [5.74, 6) is 0.283. The zero-order valence-electron chi connectivity index (χ0n) is 10.4. The molecule has 19 heavy (non-hydrogen) atoms. The monoisotopic (exact) mass is 341 g/mol. The zero-order chi connectivity index (χ0) is 13.8. The highest BCUT2D eigenvalue weighted by atomic mass is 79.9. The molecule has 0 bridgehead atoms. The molecule has 0 radical (unpaired) electrons. The number of anilines is 1. The lowest BCUT2D eigenvalue weighted by Gasteiger charge is -2.08. The Balaban J connectivity index is 2.20. The number of carbonyl (C=O) groups is 1. The molecule has 0 aliphatic rings. The van der Waals surface area contributed by atoms with Crippen LogP contribution in [0.25, 0.3) is 0 Å². The maximum atomic E-state index is 12.2. The van der Waals surface area contributed by atoms with Gasteiger partial charge in [0.05, 0.1) is 5.02 Å². The third-order valence-corrected chi connectivity index (χ3v) is 3.22. The summed E-state index contributed by atoms with van der Waals surface area (Å²) in [5, 5.41) is 3.31. The van der Waals surface area contributed by atoms with Crippen LogP contribution in [0.5, 0.6) is 0 Å². The lowest BCUT2D eigenvalue weighted by Crippen LogP contribution is -2.17. The average Bonchev–Trinajstić information content (AvgIpc) is 2.71. The Labute approximate surface area is 124 Å². The molecular formula is C13H13BrClN3O. The highest BCUT2D eigenvalue weighted by Crippen LogP contribution is 2.17. The molecule has 0 aromatic carbocycles. The Morgan fingerprint density at radius 3 is 3.00 bits per heavy atom. The second kappa shape index (κ2) is 6.21. The first kappa shape index (κ1) is 14.1. The number of carbonyl (C=O) groups excluding carboxylic acids is 1. The molecule has 0 fully saturated rings. The van der Waals surface area contributed by atoms with E-state index in [2.05, 4.69) is 26.2 Å². The summed E-state index contributed by atoms with van der Waals surface area (Å²) in [6, 6.07) is 5.20. The van der Waals surface area contributed by atoms with Crippen molar-refractivity contribution in [2.24, 2.45) is 0 Å². The Kier molecular flexibility index (Phi) is 4.61. The van der Waals surface area contributed by atoms with Crippen molar-refractivity contribution in [2.45, 2.75) is 19.9 Å². The fraction of sp³-hybridized carbons (Fsp3) is 0.231. The van der Waals surface area contributed by atoms with E-state index in [0.29, 0.717) is 16.5 Å². The van der Waals surface area contributed by atoms with Crippen molar-refractivity contribution in [1.29, 1.82) is 0 Å². The topological polar surface area (TPSA) is 46.9 Å². The number of hydrogen-bond acceptors (Lipinski definition) is 2. The van der Waals surface area contributed by atoms with E-state index in [4.69, 9.17) is 11.6 Å². The van der Waals surface area contributed by atoms with Crippen molar-refractivity contribution in [1.82, 2.24) is 9.55 Å². The number of aromatic nitrogens is 2. The molecule has 1 amide bonds. The highest BCUT2D eigenvalue weighted by molar-refractivity contribution is 9.10. The van der Waals surface area contributed by atoms with Crippen molar-refractivity contribution in [3.8, 4) is 0 Å². The molecule has 2 heterocycles. The standard InChI is InChI=1S/C13H13BrClN3O/c1-2-5-18-8-10(15)7-11(18)13(19)17-12-6-9(14)3-4-16-12/h3-4,6-8H,2,5H2,1H3,(H,16,17,19). The van der Waals surface area contributed by atoms with Crippen molar-refractivity contribution in [3.05, 3.63) is 45.8 Å². The molecule has 100 valence electrons. The maximum Gasteiger partial charge on any atom is 0.273 e. The van der Waals surface area contributed by atoms with Gasteiger partial charge in [0.2, 0.25) is 0 Å². The molecule has 0 unspecified atom stereocenters. The van der Waals surface area contributed by atoms with Gasteiger partial charge in [0.15, 0.2) is 0 Å². The van der Waals surface area contributed by atoms with Crippen molar-refractivity contribution in [2.75, 3.05) is 5.32 Å². The molecule has 2 rings (SSSR count). The molecule has 2 aromatic heterocycles. The van der Waals surface area contributed by atoms with E-state index < -0.39 is 0 Å². The van der Waals surface area contributed by atoms with Gasteiger partial charge < -0.3 is 9.88 Å². The van der Waals surface area contributed by atoms with Gasteiger partial charge in [-0.05, 0) is 24.6 Å². The van der Waals surface area contributed by atoms with E-state index in [9.17, 15) is 4.79 Å². The molecule has 0 saturated carbocycles. The number of nitrogens with one attached hydrogen (secondary N) is 1. The van der Waals surface area contributed by atoms with Crippen LogP contribution in [-0.4, -0.2) is 15.5 Å². The van der Waals surface area contributed by atoms with Gasteiger partial charge in [-0.25, -0.2) is 4.98 Å². The van der Waals surface area contributed by atoms with Gasteiger partial charge in [0.1, 0.15) is 11.5 Å². The second-order valence-electron chi connectivity index (χ2n) is 4.05. The number of halogens is 2. The molecule has 0 atom stereocenters. The van der Waals surface area contributed by atoms with E-state index in [0.717, 1.165) is 17.4 Å². The quantitative estimate of drug-likeness (QED) is 0.914. The van der Waals surface area contributed by atoms with Crippen LogP contribution in [-0.2, 0) is 6.54 Å². The van der Waals surface area contributed by atoms with Gasteiger partial charge in [0.25, 0.3) is 5.91 Å². The smallest absolute Gasteiger partial charge is 0.273 e. The molecule has 0 aliphatic heterocycles. The van der Waals surface area contributed by atoms with Gasteiger partial charge in [-0.1, -0.05) is 34.5 Å². The van der Waals surface area contributed by atoms with E-state index in [1.165, 1.54) is 0 Å². The number of hydrogen-bond donors (Lipinski definition) is 1. The van der Waals surface area contributed by atoms with E-state index in [-0.39, 0.29) is 5.91 Å². The Hall–Kier alpha value is -1.33. The SMILES string of the molecule is CCCn1cc(Cl)cc1C(=O)Nc1cc(Br)ccn1. The van der Waals surface area contributed by atoms with Crippen LogP contribution in [0.2, 0.25) is 5.02 Å². The minimum absolute atomic E-state index is 0.217. The number of rotatable bonds is 4. The molecule has 0 saturated heterocycles. The normalized spacial score (nSPS) is 10.5. The highest BCUT2D eigenvalue weighted by Gasteiger charge is 2.13. The maximum absolute atomic E-state index is 12.2. The molecule has 0 aliphatic carbocycles. The largest absolute Gasteiger partial charge is 0.342 e. The lowest BCUT2D eigenvalue weighted by atomic mass is 10.3. The van der Waals surface area contributed by atoms with Crippen molar-refractivity contribution in [3.63, 3.8) is 0 Å². The van der Waals surface area contributed by atoms with E-state index in [1.54, 1.807) is 30.6 Å². The van der Waals surface area contributed by atoms with Gasteiger partial charge in [-0.2, -0.15) is 0 Å². The number of aryl methyl sites for hydroxylation is 1. The summed E-state index contributed by atoms with van der Waals surface area (Å²) in [6.07, 6.45) is 4.31. The molecule has 2 aromatic rings. The van der Waals surface area contributed by atoms with Gasteiger partial charge in [-0.3, -0.25) is 4.79 Å². The predicted molar refractivity (Wildman–Crippen MR) is 79.6 cm³/mol. The van der Waals surface area contributed by atoms with Crippen LogP contribution in [0.4, 0.5) is 5.82 Å². The number of pyridine rings is 1. The van der Waals surface area contributed by atoms with E-state index in [1.807, 2.05) is 11.5 Å².